The molecule has 0 spiro atoms. The van der Waals surface area contributed by atoms with Crippen LogP contribution >= 0.6 is 0 Å². The van der Waals surface area contributed by atoms with E-state index in [1.165, 1.54) is 4.80 Å². The summed E-state index contributed by atoms with van der Waals surface area (Å²) in [6, 6.07) is 22.1. The number of aromatic nitrogens is 4. The van der Waals surface area contributed by atoms with Gasteiger partial charge in [0.05, 0.1) is 6.54 Å². The standard InChI is InChI=1S/C24H22N6O2/c1-16-7-6-10-21(17(16)2)24(32)27-26-23(31)20-13-11-18(12-14-20)15-30-28-22(25-29-30)19-8-4-3-5-9-19/h3-14H,15H2,1-2H3,(H,26,31)(H,27,32). The molecule has 0 aliphatic carbocycles. The Hall–Kier alpha value is -4.33. The van der Waals surface area contributed by atoms with Gasteiger partial charge in [0.2, 0.25) is 5.82 Å². The van der Waals surface area contributed by atoms with E-state index in [9.17, 15) is 9.59 Å². The minimum absolute atomic E-state index is 0.359. The fraction of sp³-hybridized carbons (Fsp3) is 0.125. The molecule has 0 saturated heterocycles. The number of nitrogens with one attached hydrogen (secondary N) is 2. The second-order valence-electron chi connectivity index (χ2n) is 7.36. The van der Waals surface area contributed by atoms with E-state index in [-0.39, 0.29) is 5.91 Å². The number of rotatable bonds is 5. The number of carbonyl (C=O) groups is 2. The molecule has 1 aromatic heterocycles. The number of nitrogens with zero attached hydrogens (tertiary/aromatic N) is 4. The number of aryl methyl sites for hydroxylation is 1. The molecule has 0 unspecified atom stereocenters. The van der Waals surface area contributed by atoms with Gasteiger partial charge < -0.3 is 0 Å². The topological polar surface area (TPSA) is 102 Å². The molecule has 0 fully saturated rings. The second kappa shape index (κ2) is 9.22. The molecule has 4 aromatic rings. The largest absolute Gasteiger partial charge is 0.269 e. The summed E-state index contributed by atoms with van der Waals surface area (Å²) < 4.78 is 0. The molecule has 0 radical (unpaired) electrons. The minimum Gasteiger partial charge on any atom is -0.267 e. The lowest BCUT2D eigenvalue weighted by Crippen LogP contribution is -2.41. The molecule has 0 aliphatic heterocycles. The van der Waals surface area contributed by atoms with E-state index in [1.807, 2.05) is 68.4 Å². The molecular weight excluding hydrogens is 404 g/mol. The first-order valence-electron chi connectivity index (χ1n) is 10.1. The van der Waals surface area contributed by atoms with E-state index < -0.39 is 5.91 Å². The van der Waals surface area contributed by atoms with E-state index in [1.54, 1.807) is 18.2 Å². The fourth-order valence-electron chi connectivity index (χ4n) is 3.19. The summed E-state index contributed by atoms with van der Waals surface area (Å²) in [6.45, 7) is 4.23. The van der Waals surface area contributed by atoms with Crippen molar-refractivity contribution in [2.75, 3.05) is 0 Å². The Labute approximate surface area is 185 Å². The van der Waals surface area contributed by atoms with Crippen molar-refractivity contribution in [1.82, 2.24) is 31.1 Å². The van der Waals surface area contributed by atoms with E-state index in [0.717, 1.165) is 22.3 Å². The van der Waals surface area contributed by atoms with Crippen LogP contribution in [0.2, 0.25) is 0 Å². The highest BCUT2D eigenvalue weighted by atomic mass is 16.2. The Morgan fingerprint density at radius 2 is 1.56 bits per heavy atom. The number of amides is 2. The average Bonchev–Trinajstić information content (AvgIpc) is 3.28. The lowest BCUT2D eigenvalue weighted by molar-refractivity contribution is 0.0846. The Balaban J connectivity index is 1.35. The monoisotopic (exact) mass is 426 g/mol. The summed E-state index contributed by atoms with van der Waals surface area (Å²) in [7, 11) is 0. The summed E-state index contributed by atoms with van der Waals surface area (Å²) in [6.07, 6.45) is 0. The first-order valence-corrected chi connectivity index (χ1v) is 10.1. The van der Waals surface area contributed by atoms with Crippen LogP contribution in [0.5, 0.6) is 0 Å². The summed E-state index contributed by atoms with van der Waals surface area (Å²) in [4.78, 5) is 26.3. The molecule has 2 N–H and O–H groups in total. The molecule has 0 bridgehead atoms. The van der Waals surface area contributed by atoms with Crippen LogP contribution in [-0.2, 0) is 6.54 Å². The summed E-state index contributed by atoms with van der Waals surface area (Å²) >= 11 is 0. The molecule has 8 nitrogen and oxygen atoms in total. The molecule has 3 aromatic carbocycles. The van der Waals surface area contributed by atoms with Crippen molar-refractivity contribution in [3.05, 3.63) is 101 Å². The van der Waals surface area contributed by atoms with Gasteiger partial charge in [0.1, 0.15) is 0 Å². The zero-order valence-electron chi connectivity index (χ0n) is 17.7. The lowest BCUT2D eigenvalue weighted by atomic mass is 10.0. The van der Waals surface area contributed by atoms with Crippen LogP contribution in [-0.4, -0.2) is 32.0 Å². The highest BCUT2D eigenvalue weighted by molar-refractivity contribution is 5.99. The predicted octanol–water partition coefficient (Wildman–Crippen LogP) is 3.08. The molecule has 32 heavy (non-hydrogen) atoms. The number of hydrogen-bond acceptors (Lipinski definition) is 5. The number of hydrazine groups is 1. The van der Waals surface area contributed by atoms with Crippen LogP contribution in [0.25, 0.3) is 11.4 Å². The first kappa shape index (κ1) is 20.9. The molecule has 0 atom stereocenters. The van der Waals surface area contributed by atoms with Crippen LogP contribution in [0.1, 0.15) is 37.4 Å². The molecule has 0 saturated carbocycles. The van der Waals surface area contributed by atoms with Crippen molar-refractivity contribution in [3.63, 3.8) is 0 Å². The van der Waals surface area contributed by atoms with Gasteiger partial charge >= 0.3 is 0 Å². The molecule has 4 rings (SSSR count). The molecule has 1 heterocycles. The van der Waals surface area contributed by atoms with Gasteiger partial charge in [0.15, 0.2) is 0 Å². The van der Waals surface area contributed by atoms with Crippen molar-refractivity contribution >= 4 is 11.8 Å². The van der Waals surface area contributed by atoms with E-state index in [2.05, 4.69) is 26.3 Å². The second-order valence-corrected chi connectivity index (χ2v) is 7.36. The SMILES string of the molecule is Cc1cccc(C(=O)NNC(=O)c2ccc(Cn3nnc(-c4ccccc4)n3)cc2)c1C. The Morgan fingerprint density at radius 3 is 2.31 bits per heavy atom. The van der Waals surface area contributed by atoms with E-state index in [4.69, 9.17) is 0 Å². The number of tetrazole rings is 1. The van der Waals surface area contributed by atoms with Crippen LogP contribution < -0.4 is 10.9 Å². The lowest BCUT2D eigenvalue weighted by Gasteiger charge is -2.11. The van der Waals surface area contributed by atoms with E-state index in [0.29, 0.717) is 23.5 Å². The van der Waals surface area contributed by atoms with Gasteiger partial charge in [-0.3, -0.25) is 20.4 Å². The van der Waals surface area contributed by atoms with Crippen LogP contribution in [0.3, 0.4) is 0 Å². The average molecular weight is 426 g/mol. The first-order chi connectivity index (χ1) is 15.5. The highest BCUT2D eigenvalue weighted by Gasteiger charge is 2.12. The van der Waals surface area contributed by atoms with Crippen molar-refractivity contribution in [3.8, 4) is 11.4 Å². The van der Waals surface area contributed by atoms with Crippen molar-refractivity contribution in [1.29, 1.82) is 0 Å². The van der Waals surface area contributed by atoms with Gasteiger partial charge in [0, 0.05) is 16.7 Å². The van der Waals surface area contributed by atoms with Crippen molar-refractivity contribution < 1.29 is 9.59 Å². The normalized spacial score (nSPS) is 10.6. The molecule has 8 heteroatoms. The van der Waals surface area contributed by atoms with Gasteiger partial charge in [-0.1, -0.05) is 54.6 Å². The molecule has 0 aliphatic rings. The smallest absolute Gasteiger partial charge is 0.267 e. The van der Waals surface area contributed by atoms with Crippen molar-refractivity contribution in [2.45, 2.75) is 20.4 Å². The van der Waals surface area contributed by atoms with Gasteiger partial charge in [-0.15, -0.1) is 10.2 Å². The Morgan fingerprint density at radius 1 is 0.844 bits per heavy atom. The van der Waals surface area contributed by atoms with Crippen LogP contribution in [0.15, 0.2) is 72.8 Å². The Bertz CT molecular complexity index is 1250. The van der Waals surface area contributed by atoms with Gasteiger partial charge in [0.25, 0.3) is 11.8 Å². The maximum atomic E-state index is 12.4. The third-order valence-electron chi connectivity index (χ3n) is 5.16. The van der Waals surface area contributed by atoms with E-state index >= 15 is 0 Å². The Kier molecular flexibility index (Phi) is 6.03. The van der Waals surface area contributed by atoms with Gasteiger partial charge in [-0.05, 0) is 54.0 Å². The number of hydrogen-bond donors (Lipinski definition) is 2. The summed E-state index contributed by atoms with van der Waals surface area (Å²) in [5.41, 5.74) is 9.57. The maximum absolute atomic E-state index is 12.4. The van der Waals surface area contributed by atoms with Crippen LogP contribution in [0, 0.1) is 13.8 Å². The number of benzene rings is 3. The highest BCUT2D eigenvalue weighted by Crippen LogP contribution is 2.13. The summed E-state index contributed by atoms with van der Waals surface area (Å²) in [5.74, 6) is -0.204. The van der Waals surface area contributed by atoms with Gasteiger partial charge in [-0.2, -0.15) is 4.80 Å². The maximum Gasteiger partial charge on any atom is 0.269 e. The van der Waals surface area contributed by atoms with Gasteiger partial charge in [-0.25, -0.2) is 0 Å². The zero-order chi connectivity index (χ0) is 22.5. The predicted molar refractivity (Wildman–Crippen MR) is 120 cm³/mol. The van der Waals surface area contributed by atoms with Crippen molar-refractivity contribution in [2.24, 2.45) is 0 Å². The molecule has 160 valence electrons. The van der Waals surface area contributed by atoms with Crippen LogP contribution in [0.4, 0.5) is 0 Å². The molecular formula is C24H22N6O2. The summed E-state index contributed by atoms with van der Waals surface area (Å²) in [5, 5.41) is 12.6. The minimum atomic E-state index is -0.402. The fourth-order valence-corrected chi connectivity index (χ4v) is 3.19. The third kappa shape index (κ3) is 4.70. The molecule has 2 amide bonds. The zero-order valence-corrected chi connectivity index (χ0v) is 17.7. The quantitative estimate of drug-likeness (QED) is 0.478. The number of carbonyl (C=O) groups excluding carboxylic acids is 2. The third-order valence-corrected chi connectivity index (χ3v) is 5.16.